The van der Waals surface area contributed by atoms with Crippen LogP contribution >= 0.6 is 11.6 Å². The van der Waals surface area contributed by atoms with Crippen LogP contribution in [0.25, 0.3) is 10.9 Å². The van der Waals surface area contributed by atoms with E-state index in [1.807, 2.05) is 18.2 Å². The van der Waals surface area contributed by atoms with Crippen molar-refractivity contribution in [1.82, 2.24) is 15.2 Å². The molecule has 0 saturated carbocycles. The molecule has 2 aromatic rings. The molecule has 1 aliphatic rings. The number of pyridine rings is 1. The maximum absolute atomic E-state index is 6.36. The largest absolute Gasteiger partial charge is 0.314 e. The Hall–Kier alpha value is -1.16. The molecule has 3 nitrogen and oxygen atoms in total. The lowest BCUT2D eigenvalue weighted by atomic mass is 10.1. The molecular weight excluding hydrogens is 258 g/mol. The Morgan fingerprint density at radius 1 is 1.26 bits per heavy atom. The summed E-state index contributed by atoms with van der Waals surface area (Å²) in [5.41, 5.74) is 2.09. The van der Waals surface area contributed by atoms with Crippen LogP contribution in [-0.2, 0) is 0 Å². The lowest BCUT2D eigenvalue weighted by molar-refractivity contribution is 0.185. The molecule has 1 aliphatic heterocycles. The van der Waals surface area contributed by atoms with Gasteiger partial charge in [0.25, 0.3) is 0 Å². The van der Waals surface area contributed by atoms with Gasteiger partial charge in [0.05, 0.1) is 5.52 Å². The number of hydrogen-bond donors (Lipinski definition) is 1. The summed E-state index contributed by atoms with van der Waals surface area (Å²) in [5.74, 6) is 0. The summed E-state index contributed by atoms with van der Waals surface area (Å²) < 4.78 is 0. The van der Waals surface area contributed by atoms with Crippen molar-refractivity contribution in [3.05, 3.63) is 41.0 Å². The van der Waals surface area contributed by atoms with Crippen molar-refractivity contribution >= 4 is 22.5 Å². The average molecular weight is 276 g/mol. The summed E-state index contributed by atoms with van der Waals surface area (Å²) in [6, 6.07) is 10.6. The minimum Gasteiger partial charge on any atom is -0.314 e. The van der Waals surface area contributed by atoms with Gasteiger partial charge in [0, 0.05) is 43.2 Å². The highest BCUT2D eigenvalue weighted by atomic mass is 35.5. The zero-order chi connectivity index (χ0) is 13.2. The molecule has 0 bridgehead atoms. The summed E-state index contributed by atoms with van der Waals surface area (Å²) in [7, 11) is 0. The number of nitrogens with one attached hydrogen (secondary N) is 1. The Labute approximate surface area is 118 Å². The topological polar surface area (TPSA) is 28.2 Å². The maximum Gasteiger partial charge on any atom is 0.134 e. The van der Waals surface area contributed by atoms with Crippen LogP contribution in [-0.4, -0.2) is 36.1 Å². The molecule has 1 saturated heterocycles. The number of nitrogens with zero attached hydrogens (tertiary/aromatic N) is 2. The zero-order valence-electron chi connectivity index (χ0n) is 11.1. The highest BCUT2D eigenvalue weighted by Crippen LogP contribution is 2.29. The maximum atomic E-state index is 6.36. The third-order valence-electron chi connectivity index (χ3n) is 3.85. The van der Waals surface area contributed by atoms with E-state index >= 15 is 0 Å². The van der Waals surface area contributed by atoms with Gasteiger partial charge < -0.3 is 5.32 Å². The molecule has 1 aromatic heterocycles. The van der Waals surface area contributed by atoms with Crippen LogP contribution < -0.4 is 5.32 Å². The molecule has 2 heterocycles. The normalized spacial score (nSPS) is 18.6. The molecule has 4 heteroatoms. The lowest BCUT2D eigenvalue weighted by Crippen LogP contribution is -2.44. The molecule has 1 N–H and O–H groups in total. The number of rotatable bonds is 2. The smallest absolute Gasteiger partial charge is 0.134 e. The van der Waals surface area contributed by atoms with E-state index in [0.717, 1.165) is 42.6 Å². The molecule has 0 radical (unpaired) electrons. The quantitative estimate of drug-likeness (QED) is 0.855. The fraction of sp³-hybridized carbons (Fsp3) is 0.400. The van der Waals surface area contributed by atoms with Crippen molar-refractivity contribution in [2.75, 3.05) is 26.2 Å². The van der Waals surface area contributed by atoms with Crippen molar-refractivity contribution in [3.63, 3.8) is 0 Å². The average Bonchev–Trinajstić information content (AvgIpc) is 2.47. The minimum atomic E-state index is 0.312. The van der Waals surface area contributed by atoms with Crippen LogP contribution in [0, 0.1) is 0 Å². The Balaban J connectivity index is 1.96. The minimum absolute atomic E-state index is 0.312. The predicted molar refractivity (Wildman–Crippen MR) is 79.6 cm³/mol. The first kappa shape index (κ1) is 12.9. The van der Waals surface area contributed by atoms with Crippen LogP contribution in [0.3, 0.4) is 0 Å². The number of hydrogen-bond acceptors (Lipinski definition) is 3. The van der Waals surface area contributed by atoms with Crippen molar-refractivity contribution in [2.45, 2.75) is 13.0 Å². The number of benzene rings is 1. The Morgan fingerprint density at radius 3 is 2.79 bits per heavy atom. The van der Waals surface area contributed by atoms with Crippen molar-refractivity contribution in [1.29, 1.82) is 0 Å². The van der Waals surface area contributed by atoms with Crippen LogP contribution in [0.1, 0.15) is 18.5 Å². The second-order valence-electron chi connectivity index (χ2n) is 5.02. The van der Waals surface area contributed by atoms with Gasteiger partial charge in [0.1, 0.15) is 5.15 Å². The summed E-state index contributed by atoms with van der Waals surface area (Å²) in [6.45, 7) is 6.42. The van der Waals surface area contributed by atoms with Crippen LogP contribution in [0.2, 0.25) is 5.15 Å². The number of halogens is 1. The van der Waals surface area contributed by atoms with Crippen LogP contribution in [0.4, 0.5) is 0 Å². The van der Waals surface area contributed by atoms with Crippen molar-refractivity contribution in [2.24, 2.45) is 0 Å². The van der Waals surface area contributed by atoms with Crippen molar-refractivity contribution < 1.29 is 0 Å². The second kappa shape index (κ2) is 5.45. The van der Waals surface area contributed by atoms with Gasteiger partial charge in [-0.3, -0.25) is 4.90 Å². The standard InChI is InChI=1S/C15H18ClN3/c1-11(19-8-6-17-7-9-19)13-10-12-4-2-3-5-14(12)18-15(13)16/h2-5,10-11,17H,6-9H2,1H3/t11-/m0/s1. The van der Waals surface area contributed by atoms with Gasteiger partial charge in [-0.1, -0.05) is 29.8 Å². The second-order valence-corrected chi connectivity index (χ2v) is 5.38. The number of para-hydroxylation sites is 1. The molecular formula is C15H18ClN3. The molecule has 1 fully saturated rings. The van der Waals surface area contributed by atoms with E-state index in [4.69, 9.17) is 11.6 Å². The SMILES string of the molecule is C[C@@H](c1cc2ccccc2nc1Cl)N1CCNCC1. The molecule has 19 heavy (non-hydrogen) atoms. The third kappa shape index (κ3) is 2.59. The number of fused-ring (bicyclic) bond motifs is 1. The first-order chi connectivity index (χ1) is 9.25. The van der Waals surface area contributed by atoms with Gasteiger partial charge in [-0.05, 0) is 19.1 Å². The highest BCUT2D eigenvalue weighted by molar-refractivity contribution is 6.30. The number of piperazine rings is 1. The summed E-state index contributed by atoms with van der Waals surface area (Å²) in [4.78, 5) is 6.97. The summed E-state index contributed by atoms with van der Waals surface area (Å²) >= 11 is 6.36. The van der Waals surface area contributed by atoms with E-state index in [0.29, 0.717) is 11.2 Å². The third-order valence-corrected chi connectivity index (χ3v) is 4.16. The number of aromatic nitrogens is 1. The summed E-state index contributed by atoms with van der Waals surface area (Å²) in [5, 5.41) is 5.16. The van der Waals surface area contributed by atoms with Crippen molar-refractivity contribution in [3.8, 4) is 0 Å². The highest BCUT2D eigenvalue weighted by Gasteiger charge is 2.20. The lowest BCUT2D eigenvalue weighted by Gasteiger charge is -2.33. The van der Waals surface area contributed by atoms with Gasteiger partial charge in [0.15, 0.2) is 0 Å². The van der Waals surface area contributed by atoms with E-state index in [1.165, 1.54) is 0 Å². The molecule has 0 amide bonds. The van der Waals surface area contributed by atoms with Gasteiger partial charge in [-0.2, -0.15) is 0 Å². The van der Waals surface area contributed by atoms with E-state index in [9.17, 15) is 0 Å². The predicted octanol–water partition coefficient (Wildman–Crippen LogP) is 2.85. The van der Waals surface area contributed by atoms with Crippen LogP contribution in [0.15, 0.2) is 30.3 Å². The zero-order valence-corrected chi connectivity index (χ0v) is 11.8. The Kier molecular flexibility index (Phi) is 3.69. The molecule has 1 aromatic carbocycles. The molecule has 0 aliphatic carbocycles. The van der Waals surface area contributed by atoms with Gasteiger partial charge in [-0.25, -0.2) is 4.98 Å². The van der Waals surface area contributed by atoms with E-state index in [2.05, 4.69) is 34.3 Å². The molecule has 3 rings (SSSR count). The first-order valence-corrected chi connectivity index (χ1v) is 7.13. The van der Waals surface area contributed by atoms with E-state index in [1.54, 1.807) is 0 Å². The molecule has 1 atom stereocenters. The Bertz CT molecular complexity index is 579. The first-order valence-electron chi connectivity index (χ1n) is 6.75. The fourth-order valence-corrected chi connectivity index (χ4v) is 2.97. The van der Waals surface area contributed by atoms with Gasteiger partial charge in [0.2, 0.25) is 0 Å². The van der Waals surface area contributed by atoms with Gasteiger partial charge >= 0.3 is 0 Å². The molecule has 0 unspecified atom stereocenters. The molecule has 0 spiro atoms. The van der Waals surface area contributed by atoms with E-state index in [-0.39, 0.29) is 0 Å². The molecule has 100 valence electrons. The fourth-order valence-electron chi connectivity index (χ4n) is 2.67. The summed E-state index contributed by atoms with van der Waals surface area (Å²) in [6.07, 6.45) is 0. The monoisotopic (exact) mass is 275 g/mol. The van der Waals surface area contributed by atoms with Gasteiger partial charge in [-0.15, -0.1) is 0 Å². The Morgan fingerprint density at radius 2 is 2.00 bits per heavy atom. The van der Waals surface area contributed by atoms with E-state index < -0.39 is 0 Å². The van der Waals surface area contributed by atoms with Crippen LogP contribution in [0.5, 0.6) is 0 Å².